The number of aromatic nitrogens is 2. The van der Waals surface area contributed by atoms with E-state index in [2.05, 4.69) is 27.8 Å². The number of hydrogen-bond acceptors (Lipinski definition) is 8. The molecular formula is C29H37N5O3. The van der Waals surface area contributed by atoms with E-state index in [4.69, 9.17) is 14.7 Å². The van der Waals surface area contributed by atoms with Gasteiger partial charge in [-0.05, 0) is 63.6 Å². The van der Waals surface area contributed by atoms with Gasteiger partial charge in [0.15, 0.2) is 0 Å². The summed E-state index contributed by atoms with van der Waals surface area (Å²) in [6, 6.07) is 12.7. The Morgan fingerprint density at radius 3 is 2.70 bits per heavy atom. The highest BCUT2D eigenvalue weighted by atomic mass is 16.5. The minimum absolute atomic E-state index is 0.0783. The molecule has 2 N–H and O–H groups in total. The molecule has 0 aliphatic carbocycles. The molecule has 0 amide bonds. The summed E-state index contributed by atoms with van der Waals surface area (Å²) >= 11 is 0. The fourth-order valence-electron chi connectivity index (χ4n) is 6.26. The Balaban J connectivity index is 1.36. The van der Waals surface area contributed by atoms with E-state index in [1.807, 2.05) is 30.3 Å². The molecule has 0 saturated carbocycles. The zero-order chi connectivity index (χ0) is 25.4. The van der Waals surface area contributed by atoms with Crippen molar-refractivity contribution in [2.75, 3.05) is 49.7 Å². The Hall–Kier alpha value is -3.10. The van der Waals surface area contributed by atoms with E-state index < -0.39 is 0 Å². The molecule has 0 bridgehead atoms. The van der Waals surface area contributed by atoms with Gasteiger partial charge in [-0.3, -0.25) is 0 Å². The van der Waals surface area contributed by atoms with Crippen molar-refractivity contribution in [2.45, 2.75) is 57.2 Å². The number of hydrogen-bond donors (Lipinski definition) is 2. The van der Waals surface area contributed by atoms with Crippen LogP contribution in [0, 0.1) is 0 Å². The van der Waals surface area contributed by atoms with E-state index in [1.54, 1.807) is 0 Å². The number of benzene rings is 2. The molecule has 3 aromatic rings. The highest BCUT2D eigenvalue weighted by Gasteiger charge is 2.31. The molecule has 1 unspecified atom stereocenters. The Morgan fingerprint density at radius 1 is 1.00 bits per heavy atom. The summed E-state index contributed by atoms with van der Waals surface area (Å²) in [6.45, 7) is 4.13. The SMILES string of the molecule is CN1CCC[C@H]1COc1nc2c(c(N3CCCCC3CO)n1)CCN(c1cc(O)cc3ccccc13)C2. The maximum atomic E-state index is 10.4. The van der Waals surface area contributed by atoms with Crippen LogP contribution in [-0.2, 0) is 13.0 Å². The normalized spacial score (nSPS) is 22.4. The summed E-state index contributed by atoms with van der Waals surface area (Å²) in [7, 11) is 2.15. The quantitative estimate of drug-likeness (QED) is 0.527. The van der Waals surface area contributed by atoms with Gasteiger partial charge in [-0.15, -0.1) is 0 Å². The van der Waals surface area contributed by atoms with E-state index in [0.29, 0.717) is 25.2 Å². The van der Waals surface area contributed by atoms with Crippen LogP contribution >= 0.6 is 0 Å². The van der Waals surface area contributed by atoms with Gasteiger partial charge in [-0.1, -0.05) is 24.3 Å². The third kappa shape index (κ3) is 4.80. The van der Waals surface area contributed by atoms with Crippen molar-refractivity contribution in [3.05, 3.63) is 47.7 Å². The Labute approximate surface area is 218 Å². The minimum Gasteiger partial charge on any atom is -0.508 e. The van der Waals surface area contributed by atoms with Gasteiger partial charge in [-0.2, -0.15) is 9.97 Å². The molecule has 2 fully saturated rings. The first kappa shape index (κ1) is 24.2. The molecule has 0 radical (unpaired) electrons. The lowest BCUT2D eigenvalue weighted by molar-refractivity contribution is 0.187. The number of likely N-dealkylation sites (N-methyl/N-ethyl adjacent to an activating group) is 1. The second kappa shape index (κ2) is 10.3. The number of aliphatic hydroxyl groups is 1. The van der Waals surface area contributed by atoms with Crippen molar-refractivity contribution < 1.29 is 14.9 Å². The van der Waals surface area contributed by atoms with Crippen LogP contribution in [0.1, 0.15) is 43.4 Å². The van der Waals surface area contributed by atoms with Crippen molar-refractivity contribution in [2.24, 2.45) is 0 Å². The van der Waals surface area contributed by atoms with Gasteiger partial charge >= 0.3 is 6.01 Å². The standard InChI is InChI=1S/C29H37N5O3/c1-32-12-6-9-22(32)19-37-29-30-26-17-33(27-16-23(36)15-20-7-2-3-10-24(20)27)14-11-25(26)28(31-29)34-13-5-4-8-21(34)18-35/h2-3,7,10,15-16,21-22,35-36H,4-6,8-9,11-14,17-19H2,1H3/t21?,22-/m0/s1. The van der Waals surface area contributed by atoms with Crippen LogP contribution in [0.4, 0.5) is 11.5 Å². The van der Waals surface area contributed by atoms with Gasteiger partial charge in [0.05, 0.1) is 24.9 Å². The number of phenols is 1. The van der Waals surface area contributed by atoms with Crippen molar-refractivity contribution >= 4 is 22.3 Å². The summed E-state index contributed by atoms with van der Waals surface area (Å²) in [5, 5.41) is 22.7. The van der Waals surface area contributed by atoms with Crippen LogP contribution in [0.15, 0.2) is 36.4 Å². The van der Waals surface area contributed by atoms with E-state index in [1.165, 1.54) is 6.42 Å². The number of nitrogens with zero attached hydrogens (tertiary/aromatic N) is 5. The molecule has 4 heterocycles. The molecule has 37 heavy (non-hydrogen) atoms. The average Bonchev–Trinajstić information content (AvgIpc) is 3.35. The van der Waals surface area contributed by atoms with Gasteiger partial charge in [0, 0.05) is 41.8 Å². The number of aliphatic hydroxyl groups excluding tert-OH is 1. The zero-order valence-electron chi connectivity index (χ0n) is 21.6. The topological polar surface area (TPSA) is 85.2 Å². The number of fused-ring (bicyclic) bond motifs is 2. The molecule has 8 heteroatoms. The summed E-state index contributed by atoms with van der Waals surface area (Å²) in [6.07, 6.45) is 6.32. The lowest BCUT2D eigenvalue weighted by Crippen LogP contribution is -2.44. The van der Waals surface area contributed by atoms with E-state index in [-0.39, 0.29) is 18.4 Å². The van der Waals surface area contributed by atoms with Crippen LogP contribution in [0.5, 0.6) is 11.8 Å². The number of anilines is 2. The average molecular weight is 504 g/mol. The largest absolute Gasteiger partial charge is 0.508 e. The van der Waals surface area contributed by atoms with E-state index >= 15 is 0 Å². The third-order valence-electron chi connectivity index (χ3n) is 8.37. The van der Waals surface area contributed by atoms with Crippen LogP contribution in [-0.4, -0.2) is 77.1 Å². The number of ether oxygens (including phenoxy) is 1. The molecular weight excluding hydrogens is 466 g/mol. The van der Waals surface area contributed by atoms with Gasteiger partial charge in [0.1, 0.15) is 18.2 Å². The Kier molecular flexibility index (Phi) is 6.78. The number of likely N-dealkylation sites (tertiary alicyclic amines) is 1. The second-order valence-corrected chi connectivity index (χ2v) is 10.7. The molecule has 2 atom stereocenters. The second-order valence-electron chi connectivity index (χ2n) is 10.7. The highest BCUT2D eigenvalue weighted by molar-refractivity contribution is 5.95. The smallest absolute Gasteiger partial charge is 0.318 e. The van der Waals surface area contributed by atoms with E-state index in [9.17, 15) is 10.2 Å². The van der Waals surface area contributed by atoms with Crippen LogP contribution in [0.3, 0.4) is 0 Å². The fraction of sp³-hybridized carbons (Fsp3) is 0.517. The van der Waals surface area contributed by atoms with Crippen LogP contribution in [0.25, 0.3) is 10.8 Å². The summed E-state index contributed by atoms with van der Waals surface area (Å²) < 4.78 is 6.25. The molecule has 3 aliphatic heterocycles. The van der Waals surface area contributed by atoms with E-state index in [0.717, 1.165) is 85.3 Å². The van der Waals surface area contributed by atoms with Crippen molar-refractivity contribution in [1.29, 1.82) is 0 Å². The van der Waals surface area contributed by atoms with Crippen molar-refractivity contribution in [3.63, 3.8) is 0 Å². The van der Waals surface area contributed by atoms with Crippen LogP contribution in [0.2, 0.25) is 0 Å². The molecule has 1 aromatic heterocycles. The maximum Gasteiger partial charge on any atom is 0.318 e. The number of phenolic OH excluding ortho intramolecular Hbond substituents is 1. The van der Waals surface area contributed by atoms with Gasteiger partial charge in [-0.25, -0.2) is 0 Å². The number of piperidine rings is 1. The fourth-order valence-corrected chi connectivity index (χ4v) is 6.26. The Morgan fingerprint density at radius 2 is 1.86 bits per heavy atom. The lowest BCUT2D eigenvalue weighted by atomic mass is 9.98. The molecule has 196 valence electrons. The molecule has 2 saturated heterocycles. The molecule has 6 rings (SSSR count). The molecule has 2 aromatic carbocycles. The first-order chi connectivity index (χ1) is 18.1. The predicted octanol–water partition coefficient (Wildman–Crippen LogP) is 3.72. The number of aromatic hydroxyl groups is 1. The van der Waals surface area contributed by atoms with Gasteiger partial charge in [0.2, 0.25) is 0 Å². The number of rotatable bonds is 6. The molecule has 8 nitrogen and oxygen atoms in total. The lowest BCUT2D eigenvalue weighted by Gasteiger charge is -2.39. The van der Waals surface area contributed by atoms with Gasteiger partial charge < -0.3 is 29.6 Å². The first-order valence-electron chi connectivity index (χ1n) is 13.7. The maximum absolute atomic E-state index is 10.4. The van der Waals surface area contributed by atoms with Crippen molar-refractivity contribution in [3.8, 4) is 11.8 Å². The summed E-state index contributed by atoms with van der Waals surface area (Å²) in [4.78, 5) is 16.8. The molecule has 0 spiro atoms. The minimum atomic E-state index is 0.0783. The van der Waals surface area contributed by atoms with Crippen molar-refractivity contribution in [1.82, 2.24) is 14.9 Å². The predicted molar refractivity (Wildman–Crippen MR) is 146 cm³/mol. The third-order valence-corrected chi connectivity index (χ3v) is 8.37. The zero-order valence-corrected chi connectivity index (χ0v) is 21.6. The summed E-state index contributed by atoms with van der Waals surface area (Å²) in [5.74, 6) is 1.20. The first-order valence-corrected chi connectivity index (χ1v) is 13.7. The van der Waals surface area contributed by atoms with Gasteiger partial charge in [0.25, 0.3) is 0 Å². The molecule has 3 aliphatic rings. The van der Waals surface area contributed by atoms with Crippen LogP contribution < -0.4 is 14.5 Å². The Bertz CT molecular complexity index is 1270. The monoisotopic (exact) mass is 503 g/mol. The highest BCUT2D eigenvalue weighted by Crippen LogP contribution is 2.37. The summed E-state index contributed by atoms with van der Waals surface area (Å²) in [5.41, 5.74) is 3.15.